The summed E-state index contributed by atoms with van der Waals surface area (Å²) in [5.41, 5.74) is -0.508. The topological polar surface area (TPSA) is 67.8 Å². The van der Waals surface area contributed by atoms with E-state index in [1.54, 1.807) is 20.8 Å². The lowest BCUT2D eigenvalue weighted by Crippen LogP contribution is -2.39. The Labute approximate surface area is 96.1 Å². The highest BCUT2D eigenvalue weighted by Crippen LogP contribution is 2.16. The van der Waals surface area contributed by atoms with E-state index < -0.39 is 17.8 Å². The Bertz CT molecular complexity index is 231. The molecule has 1 aliphatic rings. The highest BCUT2D eigenvalue weighted by Gasteiger charge is 2.25. The van der Waals surface area contributed by atoms with Crippen LogP contribution in [-0.2, 0) is 9.47 Å². The van der Waals surface area contributed by atoms with Crippen LogP contribution in [0.2, 0.25) is 0 Å². The average molecular weight is 231 g/mol. The van der Waals surface area contributed by atoms with Gasteiger partial charge in [0, 0.05) is 19.1 Å². The molecule has 16 heavy (non-hydrogen) atoms. The van der Waals surface area contributed by atoms with E-state index in [0.29, 0.717) is 13.2 Å². The van der Waals surface area contributed by atoms with E-state index >= 15 is 0 Å². The summed E-state index contributed by atoms with van der Waals surface area (Å²) in [6.07, 6.45) is -0.211. The third-order valence-electron chi connectivity index (χ3n) is 2.36. The summed E-state index contributed by atoms with van der Waals surface area (Å²) in [6, 6.07) is 0. The van der Waals surface area contributed by atoms with Gasteiger partial charge in [-0.05, 0) is 27.2 Å². The van der Waals surface area contributed by atoms with Crippen molar-refractivity contribution >= 4 is 6.09 Å². The molecule has 0 radical (unpaired) electrons. The van der Waals surface area contributed by atoms with Crippen molar-refractivity contribution < 1.29 is 19.4 Å². The molecule has 0 aromatic rings. The van der Waals surface area contributed by atoms with Gasteiger partial charge in [0.2, 0.25) is 0 Å². The zero-order valence-corrected chi connectivity index (χ0v) is 10.2. The minimum Gasteiger partial charge on any atom is -0.444 e. The molecule has 5 nitrogen and oxygen atoms in total. The molecular formula is C11H21NO4. The van der Waals surface area contributed by atoms with E-state index in [4.69, 9.17) is 9.47 Å². The summed E-state index contributed by atoms with van der Waals surface area (Å²) in [5, 5.41) is 12.3. The standard InChI is InChI=1S/C11H21NO4/c1-11(2,3)16-10(14)12-6-9(13)8-4-5-15-7-8/h8-9,13H,4-7H2,1-3H3,(H,12,14). The molecule has 1 heterocycles. The van der Waals surface area contributed by atoms with Crippen molar-refractivity contribution in [1.82, 2.24) is 5.32 Å². The number of amides is 1. The molecule has 0 aliphatic carbocycles. The number of hydrogen-bond donors (Lipinski definition) is 2. The third-order valence-corrected chi connectivity index (χ3v) is 2.36. The first-order valence-corrected chi connectivity index (χ1v) is 5.61. The molecule has 0 spiro atoms. The van der Waals surface area contributed by atoms with Crippen LogP contribution >= 0.6 is 0 Å². The second-order valence-corrected chi connectivity index (χ2v) is 5.07. The fourth-order valence-corrected chi connectivity index (χ4v) is 1.52. The van der Waals surface area contributed by atoms with Gasteiger partial charge >= 0.3 is 6.09 Å². The fraction of sp³-hybridized carbons (Fsp3) is 0.909. The number of aliphatic hydroxyl groups excluding tert-OH is 1. The summed E-state index contributed by atoms with van der Waals surface area (Å²) in [4.78, 5) is 11.3. The van der Waals surface area contributed by atoms with Gasteiger partial charge < -0.3 is 19.9 Å². The van der Waals surface area contributed by atoms with Gasteiger partial charge in [-0.3, -0.25) is 0 Å². The van der Waals surface area contributed by atoms with Crippen LogP contribution in [0, 0.1) is 5.92 Å². The van der Waals surface area contributed by atoms with Gasteiger partial charge in [-0.15, -0.1) is 0 Å². The lowest BCUT2D eigenvalue weighted by atomic mass is 10.0. The zero-order valence-electron chi connectivity index (χ0n) is 10.2. The van der Waals surface area contributed by atoms with Gasteiger partial charge in [0.25, 0.3) is 0 Å². The van der Waals surface area contributed by atoms with Gasteiger partial charge in [0.1, 0.15) is 5.60 Å². The minimum absolute atomic E-state index is 0.120. The molecule has 0 bridgehead atoms. The number of carbonyl (C=O) groups excluding carboxylic acids is 1. The second-order valence-electron chi connectivity index (χ2n) is 5.07. The number of alkyl carbamates (subject to hydrolysis) is 1. The van der Waals surface area contributed by atoms with Crippen LogP contribution in [-0.4, -0.2) is 42.7 Å². The predicted molar refractivity (Wildman–Crippen MR) is 59.2 cm³/mol. The zero-order chi connectivity index (χ0) is 12.2. The number of nitrogens with one attached hydrogen (secondary N) is 1. The highest BCUT2D eigenvalue weighted by atomic mass is 16.6. The Morgan fingerprint density at radius 1 is 1.62 bits per heavy atom. The molecule has 2 unspecified atom stereocenters. The number of carbonyl (C=O) groups is 1. The summed E-state index contributed by atoms with van der Waals surface area (Å²) in [6.45, 7) is 6.86. The van der Waals surface area contributed by atoms with Crippen molar-refractivity contribution in [2.75, 3.05) is 19.8 Å². The van der Waals surface area contributed by atoms with Crippen LogP contribution in [0.15, 0.2) is 0 Å². The Morgan fingerprint density at radius 2 is 2.31 bits per heavy atom. The molecule has 1 amide bonds. The smallest absolute Gasteiger partial charge is 0.407 e. The Balaban J connectivity index is 2.20. The van der Waals surface area contributed by atoms with Crippen LogP contribution in [0.5, 0.6) is 0 Å². The average Bonchev–Trinajstić information content (AvgIpc) is 2.64. The number of aliphatic hydroxyl groups is 1. The lowest BCUT2D eigenvalue weighted by Gasteiger charge is -2.21. The monoisotopic (exact) mass is 231 g/mol. The van der Waals surface area contributed by atoms with Crippen molar-refractivity contribution in [1.29, 1.82) is 0 Å². The molecule has 1 rings (SSSR count). The minimum atomic E-state index is -0.560. The fourth-order valence-electron chi connectivity index (χ4n) is 1.52. The number of rotatable bonds is 3. The summed E-state index contributed by atoms with van der Waals surface area (Å²) >= 11 is 0. The Kier molecular flexibility index (Phi) is 4.56. The van der Waals surface area contributed by atoms with Crippen LogP contribution in [0.1, 0.15) is 27.2 Å². The van der Waals surface area contributed by atoms with Gasteiger partial charge in [0.05, 0.1) is 12.7 Å². The van der Waals surface area contributed by atoms with E-state index in [9.17, 15) is 9.90 Å². The molecule has 1 fully saturated rings. The SMILES string of the molecule is CC(C)(C)OC(=O)NCC(O)C1CCOC1. The maximum absolute atomic E-state index is 11.3. The Hall–Kier alpha value is -0.810. The van der Waals surface area contributed by atoms with Gasteiger partial charge in [-0.1, -0.05) is 0 Å². The van der Waals surface area contributed by atoms with Crippen LogP contribution in [0.3, 0.4) is 0 Å². The van der Waals surface area contributed by atoms with Crippen LogP contribution in [0.25, 0.3) is 0 Å². The van der Waals surface area contributed by atoms with Gasteiger partial charge in [-0.25, -0.2) is 4.79 Å². The Morgan fingerprint density at radius 3 is 2.81 bits per heavy atom. The van der Waals surface area contributed by atoms with Crippen molar-refractivity contribution in [2.45, 2.75) is 38.9 Å². The second kappa shape index (κ2) is 5.50. The summed E-state index contributed by atoms with van der Waals surface area (Å²) < 4.78 is 10.2. The predicted octanol–water partition coefficient (Wildman–Crippen LogP) is 0.909. The third kappa shape index (κ3) is 4.81. The molecule has 94 valence electrons. The summed E-state index contributed by atoms with van der Waals surface area (Å²) in [7, 11) is 0. The first kappa shape index (κ1) is 13.3. The maximum atomic E-state index is 11.3. The molecule has 1 aliphatic heterocycles. The molecule has 0 aromatic heterocycles. The molecule has 5 heteroatoms. The van der Waals surface area contributed by atoms with E-state index in [2.05, 4.69) is 5.32 Å². The van der Waals surface area contributed by atoms with E-state index in [1.165, 1.54) is 0 Å². The first-order chi connectivity index (χ1) is 7.38. The molecule has 0 saturated carbocycles. The number of hydrogen-bond acceptors (Lipinski definition) is 4. The highest BCUT2D eigenvalue weighted by molar-refractivity contribution is 5.67. The maximum Gasteiger partial charge on any atom is 0.407 e. The molecular weight excluding hydrogens is 210 g/mol. The first-order valence-electron chi connectivity index (χ1n) is 5.61. The molecule has 2 N–H and O–H groups in total. The van der Waals surface area contributed by atoms with Crippen molar-refractivity contribution in [2.24, 2.45) is 5.92 Å². The molecule has 0 aromatic carbocycles. The van der Waals surface area contributed by atoms with Crippen molar-refractivity contribution in [3.05, 3.63) is 0 Å². The van der Waals surface area contributed by atoms with E-state index in [1.807, 2.05) is 0 Å². The van der Waals surface area contributed by atoms with Crippen molar-refractivity contribution in [3.63, 3.8) is 0 Å². The number of ether oxygens (including phenoxy) is 2. The summed E-state index contributed by atoms with van der Waals surface area (Å²) in [5.74, 6) is 0.120. The quantitative estimate of drug-likeness (QED) is 0.757. The van der Waals surface area contributed by atoms with E-state index in [0.717, 1.165) is 6.42 Å². The van der Waals surface area contributed by atoms with Crippen LogP contribution in [0.4, 0.5) is 4.79 Å². The molecule has 2 atom stereocenters. The largest absolute Gasteiger partial charge is 0.444 e. The lowest BCUT2D eigenvalue weighted by molar-refractivity contribution is 0.0442. The molecule has 1 saturated heterocycles. The van der Waals surface area contributed by atoms with Crippen LogP contribution < -0.4 is 5.32 Å². The normalized spacial score (nSPS) is 22.9. The van der Waals surface area contributed by atoms with E-state index in [-0.39, 0.29) is 12.5 Å². The van der Waals surface area contributed by atoms with Crippen molar-refractivity contribution in [3.8, 4) is 0 Å². The van der Waals surface area contributed by atoms with Gasteiger partial charge in [0.15, 0.2) is 0 Å². The van der Waals surface area contributed by atoms with Gasteiger partial charge in [-0.2, -0.15) is 0 Å².